The van der Waals surface area contributed by atoms with E-state index in [1.807, 2.05) is 0 Å². The molecule has 1 aromatic heterocycles. The molecule has 0 fully saturated rings. The number of hydrogen-bond acceptors (Lipinski definition) is 5. The summed E-state index contributed by atoms with van der Waals surface area (Å²) in [5.74, 6) is -0.507. The molecule has 0 saturated carbocycles. The zero-order valence-electron chi connectivity index (χ0n) is 10.5. The molecule has 1 aromatic carbocycles. The average Bonchev–Trinajstić information content (AvgIpc) is 2.37. The number of hydrogen-bond donors (Lipinski definition) is 1. The fraction of sp³-hybridized carbons (Fsp3) is 0.286. The fourth-order valence-electron chi connectivity index (χ4n) is 1.90. The van der Waals surface area contributed by atoms with E-state index in [4.69, 9.17) is 9.15 Å². The molecule has 19 heavy (non-hydrogen) atoms. The fourth-order valence-corrected chi connectivity index (χ4v) is 1.90. The molecule has 2 rings (SSSR count). The summed E-state index contributed by atoms with van der Waals surface area (Å²) in [6, 6.07) is 8.06. The number of para-hydroxylation sites is 1. The first-order valence-electron chi connectivity index (χ1n) is 5.98. The molecule has 0 bridgehead atoms. The summed E-state index contributed by atoms with van der Waals surface area (Å²) in [6.45, 7) is 1.94. The van der Waals surface area contributed by atoms with Crippen LogP contribution in [0.2, 0.25) is 0 Å². The van der Waals surface area contributed by atoms with Gasteiger partial charge in [0.25, 0.3) is 0 Å². The second-order valence-electron chi connectivity index (χ2n) is 4.04. The van der Waals surface area contributed by atoms with Crippen LogP contribution >= 0.6 is 0 Å². The number of carbonyl (C=O) groups is 1. The topological polar surface area (TPSA) is 76.7 Å². The van der Waals surface area contributed by atoms with Crippen LogP contribution in [0.15, 0.2) is 39.5 Å². The van der Waals surface area contributed by atoms with Crippen molar-refractivity contribution < 1.29 is 19.1 Å². The van der Waals surface area contributed by atoms with Gasteiger partial charge in [-0.3, -0.25) is 4.79 Å². The normalized spacial score (nSPS) is 12.3. The first-order chi connectivity index (χ1) is 9.11. The molecule has 0 aliphatic rings. The third kappa shape index (κ3) is 3.00. The summed E-state index contributed by atoms with van der Waals surface area (Å²) in [4.78, 5) is 22.8. The van der Waals surface area contributed by atoms with E-state index in [0.29, 0.717) is 16.5 Å². The number of benzene rings is 1. The van der Waals surface area contributed by atoms with Crippen LogP contribution in [0.3, 0.4) is 0 Å². The zero-order valence-corrected chi connectivity index (χ0v) is 10.5. The van der Waals surface area contributed by atoms with Gasteiger partial charge >= 0.3 is 11.6 Å². The predicted octanol–water partition coefficient (Wildman–Crippen LogP) is 1.78. The summed E-state index contributed by atoms with van der Waals surface area (Å²) < 4.78 is 9.80. The molecule has 1 atom stereocenters. The number of rotatable bonds is 4. The Kier molecular flexibility index (Phi) is 3.97. The molecular weight excluding hydrogens is 248 g/mol. The third-order valence-electron chi connectivity index (χ3n) is 2.71. The summed E-state index contributed by atoms with van der Waals surface area (Å²) in [6.07, 6.45) is -1.28. The van der Waals surface area contributed by atoms with Crippen LogP contribution in [-0.4, -0.2) is 17.7 Å². The second kappa shape index (κ2) is 5.67. The van der Waals surface area contributed by atoms with E-state index in [9.17, 15) is 14.7 Å². The maximum atomic E-state index is 11.4. The van der Waals surface area contributed by atoms with Gasteiger partial charge in [-0.2, -0.15) is 0 Å². The van der Waals surface area contributed by atoms with Gasteiger partial charge in [-0.1, -0.05) is 18.2 Å². The largest absolute Gasteiger partial charge is 0.466 e. The Morgan fingerprint density at radius 1 is 1.42 bits per heavy atom. The van der Waals surface area contributed by atoms with Crippen LogP contribution in [0.1, 0.15) is 25.0 Å². The zero-order chi connectivity index (χ0) is 13.8. The van der Waals surface area contributed by atoms with E-state index in [0.717, 1.165) is 0 Å². The quantitative estimate of drug-likeness (QED) is 0.671. The lowest BCUT2D eigenvalue weighted by molar-refractivity contribution is -0.145. The van der Waals surface area contributed by atoms with Gasteiger partial charge in [-0.15, -0.1) is 0 Å². The summed E-state index contributed by atoms with van der Waals surface area (Å²) >= 11 is 0. The van der Waals surface area contributed by atoms with Crippen molar-refractivity contribution in [3.8, 4) is 0 Å². The molecule has 5 nitrogen and oxygen atoms in total. The molecule has 0 aliphatic heterocycles. The number of aliphatic hydroxyl groups excluding tert-OH is 1. The van der Waals surface area contributed by atoms with E-state index >= 15 is 0 Å². The van der Waals surface area contributed by atoms with Crippen LogP contribution in [0.25, 0.3) is 11.0 Å². The van der Waals surface area contributed by atoms with Crippen LogP contribution in [0.4, 0.5) is 0 Å². The molecule has 1 heterocycles. The first-order valence-corrected chi connectivity index (χ1v) is 5.98. The Morgan fingerprint density at radius 3 is 2.89 bits per heavy atom. The van der Waals surface area contributed by atoms with Gasteiger partial charge in [0.2, 0.25) is 0 Å². The van der Waals surface area contributed by atoms with Crippen molar-refractivity contribution in [2.24, 2.45) is 0 Å². The second-order valence-corrected chi connectivity index (χ2v) is 4.04. The number of ether oxygens (including phenoxy) is 1. The van der Waals surface area contributed by atoms with Crippen molar-refractivity contribution >= 4 is 16.9 Å². The molecule has 1 N–H and O–H groups in total. The van der Waals surface area contributed by atoms with Gasteiger partial charge in [0.05, 0.1) is 19.1 Å². The minimum absolute atomic E-state index is 0.193. The molecule has 0 radical (unpaired) electrons. The molecule has 1 unspecified atom stereocenters. The summed E-state index contributed by atoms with van der Waals surface area (Å²) in [5, 5.41) is 10.7. The molecular formula is C14H14O5. The SMILES string of the molecule is CCOC(=O)CC(O)c1cc(=O)oc2ccccc12. The van der Waals surface area contributed by atoms with Crippen molar-refractivity contribution in [3.63, 3.8) is 0 Å². The van der Waals surface area contributed by atoms with Crippen molar-refractivity contribution in [2.45, 2.75) is 19.4 Å². The minimum atomic E-state index is -1.09. The van der Waals surface area contributed by atoms with E-state index < -0.39 is 17.7 Å². The van der Waals surface area contributed by atoms with Gasteiger partial charge < -0.3 is 14.3 Å². The Balaban J connectivity index is 2.38. The summed E-state index contributed by atoms with van der Waals surface area (Å²) in [5.41, 5.74) is 0.199. The number of carbonyl (C=O) groups excluding carboxylic acids is 1. The summed E-state index contributed by atoms with van der Waals surface area (Å²) in [7, 11) is 0. The van der Waals surface area contributed by atoms with Crippen LogP contribution in [0.5, 0.6) is 0 Å². The van der Waals surface area contributed by atoms with Gasteiger partial charge in [-0.05, 0) is 18.6 Å². The standard InChI is InChI=1S/C14H14O5/c1-2-18-13(16)8-11(15)10-7-14(17)19-12-6-4-3-5-9(10)12/h3-7,11,15H,2,8H2,1H3. The van der Waals surface area contributed by atoms with Crippen molar-refractivity contribution in [1.29, 1.82) is 0 Å². The number of esters is 1. The van der Waals surface area contributed by atoms with Gasteiger partial charge in [0.15, 0.2) is 0 Å². The highest BCUT2D eigenvalue weighted by Crippen LogP contribution is 2.24. The predicted molar refractivity (Wildman–Crippen MR) is 68.7 cm³/mol. The smallest absolute Gasteiger partial charge is 0.336 e. The van der Waals surface area contributed by atoms with E-state index in [-0.39, 0.29) is 13.0 Å². The molecule has 5 heteroatoms. The Hall–Kier alpha value is -2.14. The molecule has 0 aliphatic carbocycles. The average molecular weight is 262 g/mol. The van der Waals surface area contributed by atoms with Crippen molar-refractivity contribution in [2.75, 3.05) is 6.61 Å². The Labute approximate surface area is 109 Å². The molecule has 0 spiro atoms. The number of fused-ring (bicyclic) bond motifs is 1. The molecule has 100 valence electrons. The highest BCUT2D eigenvalue weighted by atomic mass is 16.5. The lowest BCUT2D eigenvalue weighted by Gasteiger charge is -2.11. The maximum absolute atomic E-state index is 11.4. The third-order valence-corrected chi connectivity index (χ3v) is 2.71. The minimum Gasteiger partial charge on any atom is -0.466 e. The Bertz CT molecular complexity index is 644. The maximum Gasteiger partial charge on any atom is 0.336 e. The molecule has 2 aromatic rings. The van der Waals surface area contributed by atoms with Gasteiger partial charge in [0, 0.05) is 11.5 Å². The lowest BCUT2D eigenvalue weighted by atomic mass is 10.0. The first kappa shape index (κ1) is 13.3. The van der Waals surface area contributed by atoms with Crippen LogP contribution in [0, 0.1) is 0 Å². The van der Waals surface area contributed by atoms with Crippen molar-refractivity contribution in [1.82, 2.24) is 0 Å². The van der Waals surface area contributed by atoms with E-state index in [1.165, 1.54) is 6.07 Å². The monoisotopic (exact) mass is 262 g/mol. The van der Waals surface area contributed by atoms with Gasteiger partial charge in [-0.25, -0.2) is 4.79 Å². The lowest BCUT2D eigenvalue weighted by Crippen LogP contribution is -2.12. The van der Waals surface area contributed by atoms with Crippen LogP contribution < -0.4 is 5.63 Å². The molecule has 0 saturated heterocycles. The van der Waals surface area contributed by atoms with Gasteiger partial charge in [0.1, 0.15) is 5.58 Å². The highest BCUT2D eigenvalue weighted by molar-refractivity contribution is 5.81. The Morgan fingerprint density at radius 2 is 2.16 bits per heavy atom. The van der Waals surface area contributed by atoms with Crippen LogP contribution in [-0.2, 0) is 9.53 Å². The molecule has 0 amide bonds. The van der Waals surface area contributed by atoms with E-state index in [1.54, 1.807) is 31.2 Å². The highest BCUT2D eigenvalue weighted by Gasteiger charge is 2.17. The van der Waals surface area contributed by atoms with E-state index in [2.05, 4.69) is 0 Å². The number of aliphatic hydroxyl groups is 1. The van der Waals surface area contributed by atoms with Crippen molar-refractivity contribution in [3.05, 3.63) is 46.3 Å².